The van der Waals surface area contributed by atoms with Crippen molar-refractivity contribution in [3.63, 3.8) is 0 Å². The average Bonchev–Trinajstić information content (AvgIpc) is 2.03. The lowest BCUT2D eigenvalue weighted by Gasteiger charge is -1.96. The number of hydrogen-bond acceptors (Lipinski definition) is 0. The third kappa shape index (κ3) is 4.17. The summed E-state index contributed by atoms with van der Waals surface area (Å²) in [6, 6.07) is 5.50. The van der Waals surface area contributed by atoms with Crippen molar-refractivity contribution in [1.82, 2.24) is 0 Å². The minimum Gasteiger partial charge on any atom is -0.0925 e. The fraction of sp³-hybridized carbons (Fsp3) is 0.200. The first-order valence-electron chi connectivity index (χ1n) is 3.91. The molecule has 0 radical (unpaired) electrons. The predicted molar refractivity (Wildman–Crippen MR) is 63.9 cm³/mol. The van der Waals surface area contributed by atoms with Gasteiger partial charge >= 0.3 is 0 Å². The van der Waals surface area contributed by atoms with Gasteiger partial charge in [0, 0.05) is 15.4 Å². The highest BCUT2D eigenvalue weighted by molar-refractivity contribution is 9.09. The third-order valence-corrected chi connectivity index (χ3v) is 2.37. The highest BCUT2D eigenvalue weighted by Gasteiger charge is 1.93. The Morgan fingerprint density at radius 1 is 1.15 bits per heavy atom. The number of allylic oxidation sites excluding steroid dienone is 1. The number of halogens is 3. The molecule has 0 nitrogen and oxygen atoms in total. The maximum absolute atomic E-state index is 5.84. The zero-order chi connectivity index (χ0) is 9.68. The predicted octanol–water partition coefficient (Wildman–Crippen LogP) is 4.79. The summed E-state index contributed by atoms with van der Waals surface area (Å²) >= 11 is 15.0. The molecule has 0 unspecified atom stereocenters. The highest BCUT2D eigenvalue weighted by atomic mass is 79.9. The van der Waals surface area contributed by atoms with Crippen molar-refractivity contribution >= 4 is 45.2 Å². The Morgan fingerprint density at radius 2 is 1.77 bits per heavy atom. The van der Waals surface area contributed by atoms with Crippen LogP contribution in [-0.4, -0.2) is 5.33 Å². The molecule has 0 heterocycles. The fourth-order valence-electron chi connectivity index (χ4n) is 0.954. The van der Waals surface area contributed by atoms with Crippen LogP contribution in [0.15, 0.2) is 24.3 Å². The smallest absolute Gasteiger partial charge is 0.0426 e. The zero-order valence-electron chi connectivity index (χ0n) is 6.93. The summed E-state index contributed by atoms with van der Waals surface area (Å²) in [4.78, 5) is 0. The van der Waals surface area contributed by atoms with Crippen LogP contribution in [0, 0.1) is 0 Å². The van der Waals surface area contributed by atoms with E-state index in [2.05, 4.69) is 22.0 Å². The van der Waals surface area contributed by atoms with Crippen molar-refractivity contribution in [2.24, 2.45) is 0 Å². The molecule has 0 aliphatic carbocycles. The van der Waals surface area contributed by atoms with E-state index >= 15 is 0 Å². The first-order valence-corrected chi connectivity index (χ1v) is 5.78. The monoisotopic (exact) mass is 278 g/mol. The Kier molecular flexibility index (Phi) is 4.86. The standard InChI is InChI=1S/C10H9BrCl2/c11-4-2-1-3-8-5-9(12)7-10(13)6-8/h1,3,5-7H,2,4H2. The van der Waals surface area contributed by atoms with Crippen LogP contribution in [0.5, 0.6) is 0 Å². The Hall–Kier alpha value is 0.0200. The van der Waals surface area contributed by atoms with Gasteiger partial charge in [-0.05, 0) is 30.2 Å². The van der Waals surface area contributed by atoms with E-state index in [1.807, 2.05) is 18.2 Å². The molecule has 13 heavy (non-hydrogen) atoms. The number of rotatable bonds is 3. The Balaban J connectivity index is 2.77. The molecule has 0 spiro atoms. The van der Waals surface area contributed by atoms with E-state index in [1.165, 1.54) is 0 Å². The van der Waals surface area contributed by atoms with Crippen LogP contribution in [0.2, 0.25) is 10.0 Å². The summed E-state index contributed by atoms with van der Waals surface area (Å²) in [5.41, 5.74) is 1.04. The summed E-state index contributed by atoms with van der Waals surface area (Å²) in [6.45, 7) is 0. The van der Waals surface area contributed by atoms with Gasteiger partial charge in [0.25, 0.3) is 0 Å². The van der Waals surface area contributed by atoms with Crippen LogP contribution in [0.25, 0.3) is 6.08 Å². The molecule has 0 aliphatic rings. The van der Waals surface area contributed by atoms with Gasteiger partial charge in [-0.25, -0.2) is 0 Å². The molecular weight excluding hydrogens is 271 g/mol. The van der Waals surface area contributed by atoms with Crippen LogP contribution in [0.3, 0.4) is 0 Å². The average molecular weight is 280 g/mol. The van der Waals surface area contributed by atoms with Crippen LogP contribution in [0.1, 0.15) is 12.0 Å². The number of alkyl halides is 1. The van der Waals surface area contributed by atoms with Crippen LogP contribution in [0.4, 0.5) is 0 Å². The SMILES string of the molecule is Clc1cc(Cl)cc(C=CCCBr)c1. The summed E-state index contributed by atoms with van der Waals surface area (Å²) in [5.74, 6) is 0. The van der Waals surface area contributed by atoms with Crippen LogP contribution < -0.4 is 0 Å². The molecular formula is C10H9BrCl2. The minimum absolute atomic E-state index is 0.672. The molecule has 0 saturated carbocycles. The fourth-order valence-corrected chi connectivity index (χ4v) is 1.76. The molecule has 0 saturated heterocycles. The van der Waals surface area contributed by atoms with Crippen LogP contribution in [-0.2, 0) is 0 Å². The molecule has 1 aromatic carbocycles. The summed E-state index contributed by atoms with van der Waals surface area (Å²) in [7, 11) is 0. The number of hydrogen-bond donors (Lipinski definition) is 0. The summed E-state index contributed by atoms with van der Waals surface area (Å²) in [6.07, 6.45) is 5.10. The van der Waals surface area contributed by atoms with Gasteiger partial charge in [0.15, 0.2) is 0 Å². The van der Waals surface area contributed by atoms with Gasteiger partial charge in [0.2, 0.25) is 0 Å². The topological polar surface area (TPSA) is 0 Å². The van der Waals surface area contributed by atoms with E-state index in [4.69, 9.17) is 23.2 Å². The van der Waals surface area contributed by atoms with E-state index < -0.39 is 0 Å². The van der Waals surface area contributed by atoms with Gasteiger partial charge in [0.05, 0.1) is 0 Å². The molecule has 0 aromatic heterocycles. The lowest BCUT2D eigenvalue weighted by atomic mass is 10.2. The molecule has 0 amide bonds. The van der Waals surface area contributed by atoms with E-state index in [9.17, 15) is 0 Å². The van der Waals surface area contributed by atoms with Crippen molar-refractivity contribution in [1.29, 1.82) is 0 Å². The molecule has 0 atom stereocenters. The Labute approximate surface area is 96.7 Å². The molecule has 70 valence electrons. The van der Waals surface area contributed by atoms with Crippen molar-refractivity contribution in [2.45, 2.75) is 6.42 Å². The normalized spacial score (nSPS) is 11.0. The van der Waals surface area contributed by atoms with E-state index in [-0.39, 0.29) is 0 Å². The van der Waals surface area contributed by atoms with Crippen LogP contribution >= 0.6 is 39.1 Å². The van der Waals surface area contributed by atoms with Gasteiger partial charge in [-0.3, -0.25) is 0 Å². The van der Waals surface area contributed by atoms with Crippen molar-refractivity contribution in [3.05, 3.63) is 39.9 Å². The molecule has 0 bridgehead atoms. The zero-order valence-corrected chi connectivity index (χ0v) is 10.0. The number of benzene rings is 1. The lowest BCUT2D eigenvalue weighted by Crippen LogP contribution is -1.74. The molecule has 0 aliphatic heterocycles. The largest absolute Gasteiger partial charge is 0.0925 e. The second kappa shape index (κ2) is 5.69. The molecule has 3 heteroatoms. The van der Waals surface area contributed by atoms with E-state index in [0.717, 1.165) is 17.3 Å². The first kappa shape index (κ1) is 11.1. The molecule has 0 fully saturated rings. The molecule has 1 rings (SSSR count). The second-order valence-corrected chi connectivity index (χ2v) is 4.25. The van der Waals surface area contributed by atoms with Gasteiger partial charge < -0.3 is 0 Å². The van der Waals surface area contributed by atoms with Crippen molar-refractivity contribution in [2.75, 3.05) is 5.33 Å². The van der Waals surface area contributed by atoms with Gasteiger partial charge in [-0.1, -0.05) is 51.3 Å². The first-order chi connectivity index (χ1) is 6.22. The summed E-state index contributed by atoms with van der Waals surface area (Å²) in [5, 5.41) is 2.31. The maximum atomic E-state index is 5.84. The highest BCUT2D eigenvalue weighted by Crippen LogP contribution is 2.19. The van der Waals surface area contributed by atoms with Crippen molar-refractivity contribution < 1.29 is 0 Å². The quantitative estimate of drug-likeness (QED) is 0.698. The Bertz CT molecular complexity index is 288. The second-order valence-electron chi connectivity index (χ2n) is 2.58. The lowest BCUT2D eigenvalue weighted by molar-refractivity contribution is 1.27. The van der Waals surface area contributed by atoms with E-state index in [0.29, 0.717) is 10.0 Å². The van der Waals surface area contributed by atoms with Gasteiger partial charge in [-0.2, -0.15) is 0 Å². The van der Waals surface area contributed by atoms with Gasteiger partial charge in [0.1, 0.15) is 0 Å². The van der Waals surface area contributed by atoms with Gasteiger partial charge in [-0.15, -0.1) is 0 Å². The minimum atomic E-state index is 0.672. The van der Waals surface area contributed by atoms with E-state index in [1.54, 1.807) is 6.07 Å². The molecule has 0 N–H and O–H groups in total. The third-order valence-electron chi connectivity index (χ3n) is 1.47. The van der Waals surface area contributed by atoms with Crippen molar-refractivity contribution in [3.8, 4) is 0 Å². The summed E-state index contributed by atoms with van der Waals surface area (Å²) < 4.78 is 0. The molecule has 1 aromatic rings. The Morgan fingerprint density at radius 3 is 2.31 bits per heavy atom. The maximum Gasteiger partial charge on any atom is 0.0426 e.